The minimum Gasteiger partial charge on any atom is -0.496 e. The van der Waals surface area contributed by atoms with E-state index in [1.54, 1.807) is 31.4 Å². The summed E-state index contributed by atoms with van der Waals surface area (Å²) >= 11 is 0. The molecule has 0 bridgehead atoms. The molecule has 2 N–H and O–H groups in total. The molecule has 0 aliphatic carbocycles. The van der Waals surface area contributed by atoms with Crippen molar-refractivity contribution < 1.29 is 23.7 Å². The van der Waals surface area contributed by atoms with Crippen LogP contribution in [0.2, 0.25) is 0 Å². The Hall–Kier alpha value is -3.15. The van der Waals surface area contributed by atoms with Gasteiger partial charge >= 0.3 is 0 Å². The number of fused-ring (bicyclic) bond motifs is 1. The van der Waals surface area contributed by atoms with Gasteiger partial charge in [-0.15, -0.1) is 0 Å². The van der Waals surface area contributed by atoms with Gasteiger partial charge in [-0.25, -0.2) is 0 Å². The highest BCUT2D eigenvalue weighted by molar-refractivity contribution is 6.11. The van der Waals surface area contributed by atoms with Gasteiger partial charge in [0.1, 0.15) is 11.5 Å². The molecule has 0 saturated heterocycles. The molecule has 0 atom stereocenters. The Morgan fingerprint density at radius 1 is 1.15 bits per heavy atom. The lowest BCUT2D eigenvalue weighted by Gasteiger charge is -2.11. The van der Waals surface area contributed by atoms with E-state index in [1.807, 2.05) is 26.0 Å². The Labute approximate surface area is 158 Å². The summed E-state index contributed by atoms with van der Waals surface area (Å²) in [5, 5.41) is 0. The van der Waals surface area contributed by atoms with Crippen molar-refractivity contribution in [2.24, 2.45) is 0 Å². The zero-order chi connectivity index (χ0) is 19.4. The quantitative estimate of drug-likeness (QED) is 0.450. The largest absolute Gasteiger partial charge is 0.496 e. The standard InChI is InChI=1S/C21H23NO5/c1-4-13(21(23)14-6-7-16(22)18(9-14)25-5-2)8-15-10-19-20(27-12-26-19)11-17(15)24-3/h6-11H,4-5,12,22H2,1-3H3. The first-order valence-electron chi connectivity index (χ1n) is 8.82. The molecule has 0 aromatic heterocycles. The first-order chi connectivity index (χ1) is 13.1. The Morgan fingerprint density at radius 3 is 2.56 bits per heavy atom. The van der Waals surface area contributed by atoms with Crippen molar-refractivity contribution in [2.45, 2.75) is 20.3 Å². The predicted octanol–water partition coefficient (Wildman–Crippen LogP) is 4.08. The molecule has 1 heterocycles. The second-order valence-electron chi connectivity index (χ2n) is 5.99. The Balaban J connectivity index is 1.97. The van der Waals surface area contributed by atoms with Crippen molar-refractivity contribution in [3.8, 4) is 23.0 Å². The van der Waals surface area contributed by atoms with Crippen LogP contribution in [0.15, 0.2) is 35.9 Å². The van der Waals surface area contributed by atoms with Crippen LogP contribution in [-0.2, 0) is 0 Å². The van der Waals surface area contributed by atoms with E-state index in [0.717, 1.165) is 5.56 Å². The molecule has 6 nitrogen and oxygen atoms in total. The maximum absolute atomic E-state index is 13.0. The number of allylic oxidation sites excluding steroid dienone is 1. The molecule has 3 rings (SSSR count). The van der Waals surface area contributed by atoms with Gasteiger partial charge in [0, 0.05) is 22.8 Å². The highest BCUT2D eigenvalue weighted by Crippen LogP contribution is 2.39. The minimum absolute atomic E-state index is 0.0850. The van der Waals surface area contributed by atoms with Crippen LogP contribution < -0.4 is 24.7 Å². The molecule has 0 fully saturated rings. The number of methoxy groups -OCH3 is 1. The molecule has 0 radical (unpaired) electrons. The predicted molar refractivity (Wildman–Crippen MR) is 104 cm³/mol. The normalized spacial score (nSPS) is 12.8. The van der Waals surface area contributed by atoms with Gasteiger partial charge in [0.2, 0.25) is 6.79 Å². The van der Waals surface area contributed by atoms with E-state index in [2.05, 4.69) is 0 Å². The topological polar surface area (TPSA) is 80.0 Å². The van der Waals surface area contributed by atoms with Crippen molar-refractivity contribution in [1.29, 1.82) is 0 Å². The zero-order valence-corrected chi connectivity index (χ0v) is 15.7. The van der Waals surface area contributed by atoms with Gasteiger partial charge in [-0.3, -0.25) is 4.79 Å². The molecule has 142 valence electrons. The maximum atomic E-state index is 13.0. The highest BCUT2D eigenvalue weighted by Gasteiger charge is 2.19. The number of carbonyl (C=O) groups excluding carboxylic acids is 1. The van der Waals surface area contributed by atoms with Crippen molar-refractivity contribution in [3.63, 3.8) is 0 Å². The SMILES string of the molecule is CCOc1cc(C(=O)C(=Cc2cc3c(cc2OC)OCO3)CC)ccc1N. The summed E-state index contributed by atoms with van der Waals surface area (Å²) in [6.07, 6.45) is 2.38. The van der Waals surface area contributed by atoms with Crippen LogP contribution in [0.3, 0.4) is 0 Å². The number of hydrogen-bond donors (Lipinski definition) is 1. The second-order valence-corrected chi connectivity index (χ2v) is 5.99. The monoisotopic (exact) mass is 369 g/mol. The summed E-state index contributed by atoms with van der Waals surface area (Å²) in [4.78, 5) is 13.0. The van der Waals surface area contributed by atoms with E-state index in [4.69, 9.17) is 24.7 Å². The number of hydrogen-bond acceptors (Lipinski definition) is 6. The van der Waals surface area contributed by atoms with Crippen LogP contribution >= 0.6 is 0 Å². The van der Waals surface area contributed by atoms with E-state index >= 15 is 0 Å². The van der Waals surface area contributed by atoms with Gasteiger partial charge in [-0.05, 0) is 43.7 Å². The third kappa shape index (κ3) is 3.84. The number of anilines is 1. The Kier molecular flexibility index (Phi) is 5.54. The molecule has 1 aliphatic heterocycles. The van der Waals surface area contributed by atoms with Crippen molar-refractivity contribution in [2.75, 3.05) is 26.2 Å². The summed E-state index contributed by atoms with van der Waals surface area (Å²) in [6, 6.07) is 8.66. The van der Waals surface area contributed by atoms with Gasteiger partial charge in [-0.1, -0.05) is 6.92 Å². The average Bonchev–Trinajstić information content (AvgIpc) is 3.14. The number of ether oxygens (including phenoxy) is 4. The van der Waals surface area contributed by atoms with Crippen molar-refractivity contribution >= 4 is 17.5 Å². The van der Waals surface area contributed by atoms with E-state index in [1.165, 1.54) is 0 Å². The van der Waals surface area contributed by atoms with E-state index in [0.29, 0.717) is 52.8 Å². The molecule has 0 saturated carbocycles. The fourth-order valence-electron chi connectivity index (χ4n) is 2.89. The maximum Gasteiger partial charge on any atom is 0.231 e. The number of nitrogen functional groups attached to an aromatic ring is 1. The van der Waals surface area contributed by atoms with E-state index in [9.17, 15) is 4.79 Å². The van der Waals surface area contributed by atoms with Crippen LogP contribution in [0.1, 0.15) is 36.2 Å². The van der Waals surface area contributed by atoms with Gasteiger partial charge in [0.25, 0.3) is 0 Å². The first kappa shape index (κ1) is 18.6. The molecule has 6 heteroatoms. The molecular formula is C21H23NO5. The number of rotatable bonds is 7. The molecular weight excluding hydrogens is 346 g/mol. The lowest BCUT2D eigenvalue weighted by atomic mass is 9.98. The van der Waals surface area contributed by atoms with Crippen LogP contribution in [0.25, 0.3) is 6.08 Å². The zero-order valence-electron chi connectivity index (χ0n) is 15.7. The molecule has 1 aliphatic rings. The lowest BCUT2D eigenvalue weighted by molar-refractivity contribution is 0.103. The highest BCUT2D eigenvalue weighted by atomic mass is 16.7. The van der Waals surface area contributed by atoms with E-state index in [-0.39, 0.29) is 12.6 Å². The molecule has 2 aromatic rings. The van der Waals surface area contributed by atoms with Crippen molar-refractivity contribution in [3.05, 3.63) is 47.0 Å². The van der Waals surface area contributed by atoms with Crippen LogP contribution in [0.5, 0.6) is 23.0 Å². The van der Waals surface area contributed by atoms with Gasteiger partial charge < -0.3 is 24.7 Å². The first-order valence-corrected chi connectivity index (χ1v) is 8.82. The van der Waals surface area contributed by atoms with Crippen molar-refractivity contribution in [1.82, 2.24) is 0 Å². The number of carbonyl (C=O) groups is 1. The smallest absolute Gasteiger partial charge is 0.231 e. The number of nitrogens with two attached hydrogens (primary N) is 1. The van der Waals surface area contributed by atoms with E-state index < -0.39 is 0 Å². The molecule has 2 aromatic carbocycles. The number of benzene rings is 2. The molecule has 0 amide bonds. The van der Waals surface area contributed by atoms with Gasteiger partial charge in [0.15, 0.2) is 17.3 Å². The minimum atomic E-state index is -0.0850. The fourth-order valence-corrected chi connectivity index (χ4v) is 2.89. The third-order valence-corrected chi connectivity index (χ3v) is 4.30. The fraction of sp³-hybridized carbons (Fsp3) is 0.286. The second kappa shape index (κ2) is 8.03. The lowest BCUT2D eigenvalue weighted by Crippen LogP contribution is -2.05. The Morgan fingerprint density at radius 2 is 1.89 bits per heavy atom. The molecule has 27 heavy (non-hydrogen) atoms. The Bertz CT molecular complexity index is 888. The van der Waals surface area contributed by atoms with Gasteiger partial charge in [0.05, 0.1) is 19.4 Å². The summed E-state index contributed by atoms with van der Waals surface area (Å²) in [5.41, 5.74) is 8.34. The summed E-state index contributed by atoms with van der Waals surface area (Å²) in [6.45, 7) is 4.46. The number of ketones is 1. The summed E-state index contributed by atoms with van der Waals surface area (Å²) in [7, 11) is 1.58. The van der Waals surface area contributed by atoms with Crippen LogP contribution in [0, 0.1) is 0 Å². The molecule has 0 unspecified atom stereocenters. The van der Waals surface area contributed by atoms with Crippen LogP contribution in [0.4, 0.5) is 5.69 Å². The van der Waals surface area contributed by atoms with Gasteiger partial charge in [-0.2, -0.15) is 0 Å². The van der Waals surface area contributed by atoms with Crippen LogP contribution in [-0.4, -0.2) is 26.3 Å². The summed E-state index contributed by atoms with van der Waals surface area (Å²) < 4.78 is 21.7. The average molecular weight is 369 g/mol. The molecule has 0 spiro atoms. The summed E-state index contributed by atoms with van der Waals surface area (Å²) in [5.74, 6) is 2.31. The third-order valence-electron chi connectivity index (χ3n) is 4.30. The number of Topliss-reactive ketones (excluding diaryl/α,β-unsaturated/α-hetero) is 1.